The quantitative estimate of drug-likeness (QED) is 0.917. The molecule has 3 rings (SSSR count). The van der Waals surface area contributed by atoms with Gasteiger partial charge >= 0.3 is 5.97 Å². The maximum absolute atomic E-state index is 10.8. The van der Waals surface area contributed by atoms with E-state index in [4.69, 9.17) is 5.11 Å². The zero-order valence-corrected chi connectivity index (χ0v) is 10.7. The van der Waals surface area contributed by atoms with Gasteiger partial charge in [-0.2, -0.15) is 0 Å². The number of carbonyl (C=O) groups is 1. The molecule has 5 nitrogen and oxygen atoms in total. The molecule has 19 heavy (non-hydrogen) atoms. The van der Waals surface area contributed by atoms with Gasteiger partial charge in [-0.25, -0.2) is 4.98 Å². The van der Waals surface area contributed by atoms with E-state index < -0.39 is 5.97 Å². The molecule has 5 heteroatoms. The summed E-state index contributed by atoms with van der Waals surface area (Å²) < 4.78 is 1.66. The minimum Gasteiger partial charge on any atom is -0.480 e. The van der Waals surface area contributed by atoms with Gasteiger partial charge in [0.05, 0.1) is 17.4 Å². The Kier molecular flexibility index (Phi) is 3.11. The van der Waals surface area contributed by atoms with E-state index in [0.717, 1.165) is 24.1 Å². The average Bonchev–Trinajstić information content (AvgIpc) is 2.81. The molecule has 2 heterocycles. The Morgan fingerprint density at radius 1 is 1.26 bits per heavy atom. The largest absolute Gasteiger partial charge is 0.480 e. The number of piperidine rings is 1. The van der Waals surface area contributed by atoms with E-state index in [1.165, 1.54) is 24.9 Å². The van der Waals surface area contributed by atoms with Gasteiger partial charge in [-0.05, 0) is 37.5 Å². The highest BCUT2D eigenvalue weighted by atomic mass is 16.4. The molecule has 2 aromatic rings. The predicted octanol–water partition coefficient (Wildman–Crippen LogP) is 2.11. The lowest BCUT2D eigenvalue weighted by Crippen LogP contribution is -2.29. The van der Waals surface area contributed by atoms with Gasteiger partial charge in [0.1, 0.15) is 6.54 Å². The summed E-state index contributed by atoms with van der Waals surface area (Å²) in [5.41, 5.74) is 2.93. The van der Waals surface area contributed by atoms with Crippen molar-refractivity contribution in [3.63, 3.8) is 0 Å². The second-order valence-electron chi connectivity index (χ2n) is 4.99. The number of rotatable bonds is 3. The van der Waals surface area contributed by atoms with E-state index in [9.17, 15) is 4.79 Å². The zero-order chi connectivity index (χ0) is 13.2. The molecule has 0 saturated carbocycles. The average molecular weight is 259 g/mol. The number of hydrogen-bond donors (Lipinski definition) is 1. The van der Waals surface area contributed by atoms with Gasteiger partial charge in [0.25, 0.3) is 0 Å². The van der Waals surface area contributed by atoms with Crippen LogP contribution in [0.15, 0.2) is 24.5 Å². The lowest BCUT2D eigenvalue weighted by molar-refractivity contribution is -0.137. The van der Waals surface area contributed by atoms with Crippen molar-refractivity contribution in [2.45, 2.75) is 25.8 Å². The molecule has 0 atom stereocenters. The minimum absolute atomic E-state index is 0.0421. The van der Waals surface area contributed by atoms with Crippen molar-refractivity contribution >= 4 is 22.7 Å². The zero-order valence-electron chi connectivity index (χ0n) is 10.7. The summed E-state index contributed by atoms with van der Waals surface area (Å²) in [5, 5.41) is 8.85. The van der Waals surface area contributed by atoms with Crippen molar-refractivity contribution in [2.24, 2.45) is 0 Å². The highest BCUT2D eigenvalue weighted by Gasteiger charge is 2.13. The van der Waals surface area contributed by atoms with Crippen LogP contribution in [0, 0.1) is 0 Å². The maximum Gasteiger partial charge on any atom is 0.323 e. The summed E-state index contributed by atoms with van der Waals surface area (Å²) >= 11 is 0. The number of nitrogens with zero attached hydrogens (tertiary/aromatic N) is 3. The standard InChI is InChI=1S/C14H17N3O2/c18-14(19)9-17-10-15-12-8-11(4-5-13(12)17)16-6-2-1-3-7-16/h4-5,8,10H,1-3,6-7,9H2,(H,18,19). The molecule has 0 radical (unpaired) electrons. The lowest BCUT2D eigenvalue weighted by atomic mass is 10.1. The molecule has 0 bridgehead atoms. The van der Waals surface area contributed by atoms with E-state index >= 15 is 0 Å². The van der Waals surface area contributed by atoms with E-state index in [-0.39, 0.29) is 6.54 Å². The van der Waals surface area contributed by atoms with Gasteiger partial charge in [-0.1, -0.05) is 0 Å². The van der Waals surface area contributed by atoms with E-state index in [1.807, 2.05) is 6.07 Å². The Morgan fingerprint density at radius 3 is 2.79 bits per heavy atom. The summed E-state index contributed by atoms with van der Waals surface area (Å²) in [6.45, 7) is 2.16. The van der Waals surface area contributed by atoms with Crippen molar-refractivity contribution in [1.82, 2.24) is 9.55 Å². The van der Waals surface area contributed by atoms with Crippen LogP contribution in [0.2, 0.25) is 0 Å². The van der Waals surface area contributed by atoms with Crippen LogP contribution >= 0.6 is 0 Å². The fraction of sp³-hybridized carbons (Fsp3) is 0.429. The van der Waals surface area contributed by atoms with Crippen LogP contribution in [0.5, 0.6) is 0 Å². The van der Waals surface area contributed by atoms with Gasteiger partial charge in [-0.15, -0.1) is 0 Å². The molecule has 0 spiro atoms. The fourth-order valence-corrected chi connectivity index (χ4v) is 2.67. The maximum atomic E-state index is 10.8. The topological polar surface area (TPSA) is 58.4 Å². The smallest absolute Gasteiger partial charge is 0.323 e. The van der Waals surface area contributed by atoms with Crippen molar-refractivity contribution < 1.29 is 9.90 Å². The number of anilines is 1. The van der Waals surface area contributed by atoms with Gasteiger partial charge < -0.3 is 14.6 Å². The molecule has 0 aliphatic carbocycles. The summed E-state index contributed by atoms with van der Waals surface area (Å²) in [7, 11) is 0. The molecule has 1 aromatic heterocycles. The molecular formula is C14H17N3O2. The van der Waals surface area contributed by atoms with Crippen LogP contribution in [0.25, 0.3) is 11.0 Å². The number of carboxylic acid groups (broad SMARTS) is 1. The van der Waals surface area contributed by atoms with E-state index in [1.54, 1.807) is 10.9 Å². The second kappa shape index (κ2) is 4.91. The van der Waals surface area contributed by atoms with Gasteiger partial charge in [0.2, 0.25) is 0 Å². The van der Waals surface area contributed by atoms with Crippen LogP contribution in [0.4, 0.5) is 5.69 Å². The van der Waals surface area contributed by atoms with Gasteiger partial charge in [0.15, 0.2) is 0 Å². The molecule has 100 valence electrons. The molecule has 1 N–H and O–H groups in total. The van der Waals surface area contributed by atoms with Crippen molar-refractivity contribution in [3.05, 3.63) is 24.5 Å². The van der Waals surface area contributed by atoms with E-state index in [2.05, 4.69) is 22.0 Å². The SMILES string of the molecule is O=C(O)Cn1cnc2cc(N3CCCCC3)ccc21. The summed E-state index contributed by atoms with van der Waals surface area (Å²) in [6.07, 6.45) is 5.39. The Hall–Kier alpha value is -2.04. The third-order valence-electron chi connectivity index (χ3n) is 3.63. The molecule has 1 fully saturated rings. The predicted molar refractivity (Wildman–Crippen MR) is 73.4 cm³/mol. The number of fused-ring (bicyclic) bond motifs is 1. The van der Waals surface area contributed by atoms with Crippen LogP contribution in [0.3, 0.4) is 0 Å². The Bertz CT molecular complexity index is 600. The van der Waals surface area contributed by atoms with Crippen LogP contribution in [-0.4, -0.2) is 33.7 Å². The van der Waals surface area contributed by atoms with Crippen molar-refractivity contribution in [2.75, 3.05) is 18.0 Å². The summed E-state index contributed by atoms with van der Waals surface area (Å²) in [4.78, 5) is 17.4. The Labute approximate surface area is 111 Å². The van der Waals surface area contributed by atoms with Gasteiger partial charge in [-0.3, -0.25) is 4.79 Å². The number of aliphatic carboxylic acids is 1. The van der Waals surface area contributed by atoms with Gasteiger partial charge in [0, 0.05) is 18.8 Å². The molecule has 1 aromatic carbocycles. The molecule has 1 aliphatic heterocycles. The molecule has 0 unspecified atom stereocenters. The fourth-order valence-electron chi connectivity index (χ4n) is 2.67. The summed E-state index contributed by atoms with van der Waals surface area (Å²) in [5.74, 6) is -0.848. The van der Waals surface area contributed by atoms with Crippen molar-refractivity contribution in [3.8, 4) is 0 Å². The van der Waals surface area contributed by atoms with Crippen LogP contribution in [0.1, 0.15) is 19.3 Å². The number of imidazole rings is 1. The molecule has 0 amide bonds. The Morgan fingerprint density at radius 2 is 2.05 bits per heavy atom. The highest BCUT2D eigenvalue weighted by Crippen LogP contribution is 2.24. The highest BCUT2D eigenvalue weighted by molar-refractivity contribution is 5.81. The number of carboxylic acids is 1. The number of aromatic nitrogens is 2. The van der Waals surface area contributed by atoms with Crippen LogP contribution in [-0.2, 0) is 11.3 Å². The van der Waals surface area contributed by atoms with Crippen molar-refractivity contribution in [1.29, 1.82) is 0 Å². The third-order valence-corrected chi connectivity index (χ3v) is 3.63. The molecule has 1 aliphatic rings. The monoisotopic (exact) mass is 259 g/mol. The van der Waals surface area contributed by atoms with Crippen LogP contribution < -0.4 is 4.90 Å². The first kappa shape index (κ1) is 12.0. The Balaban J connectivity index is 1.91. The van der Waals surface area contributed by atoms with E-state index in [0.29, 0.717) is 0 Å². The number of hydrogen-bond acceptors (Lipinski definition) is 3. The first-order valence-corrected chi connectivity index (χ1v) is 6.66. The first-order chi connectivity index (χ1) is 9.24. The first-order valence-electron chi connectivity index (χ1n) is 6.66. The third kappa shape index (κ3) is 2.41. The second-order valence-corrected chi connectivity index (χ2v) is 4.99. The minimum atomic E-state index is -0.848. The normalized spacial score (nSPS) is 15.9. The molecule has 1 saturated heterocycles. The number of benzene rings is 1. The molecular weight excluding hydrogens is 242 g/mol. The summed E-state index contributed by atoms with van der Waals surface area (Å²) in [6, 6.07) is 6.09. The lowest BCUT2D eigenvalue weighted by Gasteiger charge is -2.28.